The molecule has 7 nitrogen and oxygen atoms in total. The maximum atomic E-state index is 13.2. The van der Waals surface area contributed by atoms with Gasteiger partial charge in [-0.3, -0.25) is 9.59 Å². The molecule has 4 rings (SSSR count). The van der Waals surface area contributed by atoms with Gasteiger partial charge in [0.1, 0.15) is 12.6 Å². The van der Waals surface area contributed by atoms with Gasteiger partial charge in [-0.2, -0.15) is 0 Å². The molecule has 34 heavy (non-hydrogen) atoms. The molecule has 1 saturated carbocycles. The number of alkyl carbamates (subject to hydrolysis) is 1. The van der Waals surface area contributed by atoms with Crippen LogP contribution < -0.4 is 5.32 Å². The molecule has 0 aromatic heterocycles. The molecule has 7 heteroatoms. The first kappa shape index (κ1) is 23.8. The number of carboxylic acids is 1. The number of carboxylic acid groups (broad SMARTS) is 1. The van der Waals surface area contributed by atoms with E-state index in [9.17, 15) is 14.4 Å². The summed E-state index contributed by atoms with van der Waals surface area (Å²) in [6.07, 6.45) is 2.87. The number of nitrogens with zero attached hydrogens (tertiary/aromatic N) is 1. The molecule has 2 N–H and O–H groups in total. The third-order valence-electron chi connectivity index (χ3n) is 6.60. The van der Waals surface area contributed by atoms with Crippen molar-refractivity contribution in [2.24, 2.45) is 0 Å². The lowest BCUT2D eigenvalue weighted by Crippen LogP contribution is -2.50. The van der Waals surface area contributed by atoms with Crippen LogP contribution in [-0.4, -0.2) is 53.2 Å². The van der Waals surface area contributed by atoms with Gasteiger partial charge in [-0.05, 0) is 47.9 Å². The fourth-order valence-corrected chi connectivity index (χ4v) is 4.70. The summed E-state index contributed by atoms with van der Waals surface area (Å²) in [5, 5.41) is 11.8. The summed E-state index contributed by atoms with van der Waals surface area (Å²) in [4.78, 5) is 39.0. The average molecular weight is 465 g/mol. The van der Waals surface area contributed by atoms with E-state index < -0.39 is 18.1 Å². The van der Waals surface area contributed by atoms with E-state index in [1.54, 1.807) is 4.90 Å². The largest absolute Gasteiger partial charge is 0.481 e. The predicted molar refractivity (Wildman–Crippen MR) is 129 cm³/mol. The second-order valence-corrected chi connectivity index (χ2v) is 9.07. The Hall–Kier alpha value is -3.35. The molecule has 1 unspecified atom stereocenters. The zero-order valence-corrected chi connectivity index (χ0v) is 19.5. The van der Waals surface area contributed by atoms with Gasteiger partial charge in [0, 0.05) is 24.9 Å². The lowest BCUT2D eigenvalue weighted by atomic mass is 9.98. The fourth-order valence-electron chi connectivity index (χ4n) is 4.70. The van der Waals surface area contributed by atoms with Crippen molar-refractivity contribution >= 4 is 18.0 Å². The van der Waals surface area contributed by atoms with Gasteiger partial charge in [0.05, 0.1) is 0 Å². The molecule has 2 aliphatic carbocycles. The Kier molecular flexibility index (Phi) is 7.50. The van der Waals surface area contributed by atoms with E-state index in [0.29, 0.717) is 6.54 Å². The van der Waals surface area contributed by atoms with Gasteiger partial charge >= 0.3 is 12.1 Å². The highest BCUT2D eigenvalue weighted by atomic mass is 16.5. The van der Waals surface area contributed by atoms with Crippen molar-refractivity contribution in [1.82, 2.24) is 10.2 Å². The maximum absolute atomic E-state index is 13.2. The summed E-state index contributed by atoms with van der Waals surface area (Å²) in [7, 11) is 0. The SMILES string of the molecule is CCCCN(C(=O)C(CCC(=O)O)NC(=O)OCC1c2ccccc2-c2ccccc21)C1CC1. The van der Waals surface area contributed by atoms with Crippen LogP contribution in [0.1, 0.15) is 62.5 Å². The molecule has 180 valence electrons. The molecule has 2 aromatic carbocycles. The highest BCUT2D eigenvalue weighted by molar-refractivity contribution is 5.87. The summed E-state index contributed by atoms with van der Waals surface area (Å²) < 4.78 is 5.60. The van der Waals surface area contributed by atoms with E-state index in [2.05, 4.69) is 24.4 Å². The summed E-state index contributed by atoms with van der Waals surface area (Å²) in [6, 6.07) is 15.4. The van der Waals surface area contributed by atoms with Gasteiger partial charge in [0.25, 0.3) is 0 Å². The predicted octanol–water partition coefficient (Wildman–Crippen LogP) is 4.55. The lowest BCUT2D eigenvalue weighted by molar-refractivity contribution is -0.138. The van der Waals surface area contributed by atoms with Crippen LogP contribution in [0.15, 0.2) is 48.5 Å². The van der Waals surface area contributed by atoms with Crippen LogP contribution in [-0.2, 0) is 14.3 Å². The van der Waals surface area contributed by atoms with E-state index >= 15 is 0 Å². The van der Waals surface area contributed by atoms with E-state index in [1.165, 1.54) is 0 Å². The minimum absolute atomic E-state index is 0.0354. The molecule has 0 aliphatic heterocycles. The first-order valence-corrected chi connectivity index (χ1v) is 12.1. The first-order chi connectivity index (χ1) is 16.5. The minimum atomic E-state index is -1.00. The van der Waals surface area contributed by atoms with E-state index in [0.717, 1.165) is 47.9 Å². The first-order valence-electron chi connectivity index (χ1n) is 12.1. The summed E-state index contributed by atoms with van der Waals surface area (Å²) >= 11 is 0. The minimum Gasteiger partial charge on any atom is -0.481 e. The second kappa shape index (κ2) is 10.7. The van der Waals surface area contributed by atoms with Crippen molar-refractivity contribution in [3.05, 3.63) is 59.7 Å². The van der Waals surface area contributed by atoms with Gasteiger partial charge in [-0.1, -0.05) is 61.9 Å². The number of rotatable bonds is 11. The Balaban J connectivity index is 1.43. The number of aliphatic carboxylic acids is 1. The molecular formula is C27H32N2O5. The maximum Gasteiger partial charge on any atom is 0.407 e. The molecule has 2 aromatic rings. The molecule has 0 heterocycles. The average Bonchev–Trinajstić information content (AvgIpc) is 3.63. The number of amides is 2. The molecule has 1 atom stereocenters. The summed E-state index contributed by atoms with van der Waals surface area (Å²) in [6.45, 7) is 2.82. The van der Waals surface area contributed by atoms with Crippen molar-refractivity contribution in [3.63, 3.8) is 0 Å². The number of carbonyl (C=O) groups excluding carboxylic acids is 2. The number of nitrogens with one attached hydrogen (secondary N) is 1. The molecule has 0 bridgehead atoms. The van der Waals surface area contributed by atoms with Crippen LogP contribution in [0.25, 0.3) is 11.1 Å². The Morgan fingerprint density at radius 2 is 1.68 bits per heavy atom. The summed E-state index contributed by atoms with van der Waals surface area (Å²) in [5.41, 5.74) is 4.49. The fraction of sp³-hybridized carbons (Fsp3) is 0.444. The molecule has 0 spiro atoms. The molecule has 1 fully saturated rings. The molecular weight excluding hydrogens is 432 g/mol. The number of unbranched alkanes of at least 4 members (excludes halogenated alkanes) is 1. The number of hydrogen-bond donors (Lipinski definition) is 2. The van der Waals surface area contributed by atoms with Gasteiger partial charge in [0.15, 0.2) is 0 Å². The zero-order valence-electron chi connectivity index (χ0n) is 19.5. The normalized spacial score (nSPS) is 15.2. The Morgan fingerprint density at radius 3 is 2.24 bits per heavy atom. The van der Waals surface area contributed by atoms with E-state index in [4.69, 9.17) is 9.84 Å². The smallest absolute Gasteiger partial charge is 0.407 e. The molecule has 2 amide bonds. The van der Waals surface area contributed by atoms with Crippen molar-refractivity contribution in [1.29, 1.82) is 0 Å². The van der Waals surface area contributed by atoms with Crippen molar-refractivity contribution < 1.29 is 24.2 Å². The number of ether oxygens (including phenoxy) is 1. The van der Waals surface area contributed by atoms with Gasteiger partial charge in [-0.15, -0.1) is 0 Å². The van der Waals surface area contributed by atoms with E-state index in [1.807, 2.05) is 36.4 Å². The Bertz CT molecular complexity index is 1000. The summed E-state index contributed by atoms with van der Waals surface area (Å²) in [5.74, 6) is -1.30. The van der Waals surface area contributed by atoms with Crippen molar-refractivity contribution in [2.75, 3.05) is 13.2 Å². The number of hydrogen-bond acceptors (Lipinski definition) is 4. The number of carbonyl (C=O) groups is 3. The van der Waals surface area contributed by atoms with E-state index in [-0.39, 0.29) is 37.3 Å². The Labute approximate surface area is 200 Å². The quantitative estimate of drug-likeness (QED) is 0.509. The van der Waals surface area contributed by atoms with Crippen molar-refractivity contribution in [2.45, 2.75) is 63.5 Å². The standard InChI is InChI=1S/C27H32N2O5/c1-2-3-16-29(18-12-13-18)26(32)24(14-15-25(30)31)28-27(33)34-17-23-21-10-6-4-8-19(21)20-9-5-7-11-22(20)23/h4-11,18,23-24H,2-3,12-17H2,1H3,(H,28,33)(H,30,31). The third-order valence-corrected chi connectivity index (χ3v) is 6.60. The molecule has 0 saturated heterocycles. The monoisotopic (exact) mass is 464 g/mol. The zero-order chi connectivity index (χ0) is 24.1. The van der Waals surface area contributed by atoms with Gasteiger partial charge in [-0.25, -0.2) is 4.79 Å². The van der Waals surface area contributed by atoms with Crippen LogP contribution in [0.4, 0.5) is 4.79 Å². The third kappa shape index (κ3) is 5.41. The number of fused-ring (bicyclic) bond motifs is 3. The number of benzene rings is 2. The second-order valence-electron chi connectivity index (χ2n) is 9.07. The lowest BCUT2D eigenvalue weighted by Gasteiger charge is -2.28. The van der Waals surface area contributed by atoms with Crippen LogP contribution in [0.5, 0.6) is 0 Å². The van der Waals surface area contributed by atoms with Crippen LogP contribution in [0, 0.1) is 0 Å². The van der Waals surface area contributed by atoms with Gasteiger partial charge in [0.2, 0.25) is 5.91 Å². The van der Waals surface area contributed by atoms with Crippen LogP contribution in [0.2, 0.25) is 0 Å². The van der Waals surface area contributed by atoms with Gasteiger partial charge < -0.3 is 20.1 Å². The molecule has 0 radical (unpaired) electrons. The highest BCUT2D eigenvalue weighted by Gasteiger charge is 2.36. The van der Waals surface area contributed by atoms with Crippen LogP contribution in [0.3, 0.4) is 0 Å². The Morgan fingerprint density at radius 1 is 1.06 bits per heavy atom. The highest BCUT2D eigenvalue weighted by Crippen LogP contribution is 2.44. The van der Waals surface area contributed by atoms with Crippen molar-refractivity contribution in [3.8, 4) is 11.1 Å². The van der Waals surface area contributed by atoms with Crippen LogP contribution >= 0.6 is 0 Å². The molecule has 2 aliphatic rings. The topological polar surface area (TPSA) is 95.9 Å².